The fourth-order valence-electron chi connectivity index (χ4n) is 3.04. The molecule has 0 unspecified atom stereocenters. The summed E-state index contributed by atoms with van der Waals surface area (Å²) in [5.74, 6) is -0.677. The van der Waals surface area contributed by atoms with Crippen LogP contribution in [0.25, 0.3) is 22.4 Å². The normalized spacial score (nSPS) is 10.7. The highest BCUT2D eigenvalue weighted by Gasteiger charge is 2.15. The van der Waals surface area contributed by atoms with Crippen molar-refractivity contribution in [3.05, 3.63) is 82.2 Å². The SMILES string of the molecule is Cc1ccc([N+](=O)[O-])cc1NC(=O)COC(=O)c1ccc2nc(-c3cccnc3)[nH]c2c1. The molecular formula is C22H17N5O5. The van der Waals surface area contributed by atoms with Gasteiger partial charge < -0.3 is 15.0 Å². The second-order valence-corrected chi connectivity index (χ2v) is 6.94. The largest absolute Gasteiger partial charge is 0.452 e. The number of ether oxygens (including phenoxy) is 1. The maximum Gasteiger partial charge on any atom is 0.338 e. The van der Waals surface area contributed by atoms with Crippen LogP contribution in [0.4, 0.5) is 11.4 Å². The smallest absolute Gasteiger partial charge is 0.338 e. The third kappa shape index (κ3) is 4.43. The fourth-order valence-corrected chi connectivity index (χ4v) is 3.04. The van der Waals surface area contributed by atoms with Crippen LogP contribution in [0.15, 0.2) is 60.9 Å². The number of pyridine rings is 1. The number of rotatable bonds is 6. The lowest BCUT2D eigenvalue weighted by atomic mass is 10.2. The molecule has 10 nitrogen and oxygen atoms in total. The molecule has 0 aliphatic heterocycles. The van der Waals surface area contributed by atoms with Crippen molar-refractivity contribution in [2.45, 2.75) is 6.92 Å². The van der Waals surface area contributed by atoms with Crippen molar-refractivity contribution in [1.29, 1.82) is 0 Å². The highest BCUT2D eigenvalue weighted by Crippen LogP contribution is 2.22. The van der Waals surface area contributed by atoms with Gasteiger partial charge in [-0.3, -0.25) is 19.9 Å². The zero-order valence-electron chi connectivity index (χ0n) is 16.9. The number of esters is 1. The lowest BCUT2D eigenvalue weighted by Crippen LogP contribution is -2.21. The minimum absolute atomic E-state index is 0.151. The molecule has 0 saturated carbocycles. The van der Waals surface area contributed by atoms with E-state index in [-0.39, 0.29) is 16.9 Å². The third-order valence-electron chi connectivity index (χ3n) is 4.69. The standard InChI is InChI=1S/C22H17N5O5/c1-13-4-6-16(27(30)31)10-18(13)24-20(28)12-32-22(29)14-5-7-17-19(9-14)26-21(25-17)15-3-2-8-23-11-15/h2-11H,12H2,1H3,(H,24,28)(H,25,26). The number of non-ortho nitro benzene ring substituents is 1. The number of aromatic nitrogens is 3. The Hall–Kier alpha value is -4.60. The van der Waals surface area contributed by atoms with Crippen molar-refractivity contribution < 1.29 is 19.2 Å². The number of hydrogen-bond acceptors (Lipinski definition) is 7. The van der Waals surface area contributed by atoms with Crippen molar-refractivity contribution in [2.75, 3.05) is 11.9 Å². The molecule has 0 radical (unpaired) electrons. The second kappa shape index (κ2) is 8.64. The molecule has 0 aliphatic rings. The van der Waals surface area contributed by atoms with Gasteiger partial charge in [-0.1, -0.05) is 6.07 Å². The molecule has 0 atom stereocenters. The van der Waals surface area contributed by atoms with E-state index in [1.54, 1.807) is 43.6 Å². The van der Waals surface area contributed by atoms with Crippen LogP contribution in [0.1, 0.15) is 15.9 Å². The highest BCUT2D eigenvalue weighted by molar-refractivity contribution is 5.97. The Balaban J connectivity index is 1.42. The van der Waals surface area contributed by atoms with Gasteiger partial charge in [-0.05, 0) is 42.8 Å². The number of aromatic amines is 1. The van der Waals surface area contributed by atoms with Gasteiger partial charge in [0, 0.05) is 30.1 Å². The number of benzene rings is 2. The van der Waals surface area contributed by atoms with Crippen LogP contribution in [0.5, 0.6) is 0 Å². The lowest BCUT2D eigenvalue weighted by molar-refractivity contribution is -0.384. The van der Waals surface area contributed by atoms with E-state index in [4.69, 9.17) is 4.74 Å². The summed E-state index contributed by atoms with van der Waals surface area (Å²) in [5.41, 5.74) is 3.13. The molecule has 32 heavy (non-hydrogen) atoms. The predicted molar refractivity (Wildman–Crippen MR) is 116 cm³/mol. The number of carbonyl (C=O) groups excluding carboxylic acids is 2. The van der Waals surface area contributed by atoms with Crippen LogP contribution in [0.2, 0.25) is 0 Å². The Morgan fingerprint density at radius 2 is 2.03 bits per heavy atom. The fraction of sp³-hybridized carbons (Fsp3) is 0.0909. The van der Waals surface area contributed by atoms with E-state index < -0.39 is 23.4 Å². The quantitative estimate of drug-likeness (QED) is 0.270. The first-order valence-electron chi connectivity index (χ1n) is 9.53. The van der Waals surface area contributed by atoms with Crippen molar-refractivity contribution in [2.24, 2.45) is 0 Å². The van der Waals surface area contributed by atoms with E-state index in [0.29, 0.717) is 22.4 Å². The zero-order chi connectivity index (χ0) is 22.7. The molecule has 10 heteroatoms. The average Bonchev–Trinajstić information content (AvgIpc) is 3.23. The highest BCUT2D eigenvalue weighted by atomic mass is 16.6. The molecule has 2 aromatic heterocycles. The van der Waals surface area contributed by atoms with Gasteiger partial charge in [0.25, 0.3) is 11.6 Å². The van der Waals surface area contributed by atoms with E-state index in [9.17, 15) is 19.7 Å². The van der Waals surface area contributed by atoms with Gasteiger partial charge in [-0.15, -0.1) is 0 Å². The molecule has 0 aliphatic carbocycles. The van der Waals surface area contributed by atoms with Gasteiger partial charge >= 0.3 is 5.97 Å². The van der Waals surface area contributed by atoms with E-state index in [1.165, 1.54) is 18.2 Å². The molecule has 0 spiro atoms. The molecular weight excluding hydrogens is 414 g/mol. The van der Waals surface area contributed by atoms with E-state index in [1.807, 2.05) is 6.07 Å². The number of aryl methyl sites for hydroxylation is 1. The van der Waals surface area contributed by atoms with Crippen LogP contribution < -0.4 is 5.32 Å². The first-order valence-corrected chi connectivity index (χ1v) is 9.53. The number of imidazole rings is 1. The molecule has 0 bridgehead atoms. The van der Waals surface area contributed by atoms with Crippen molar-refractivity contribution >= 4 is 34.3 Å². The summed E-state index contributed by atoms with van der Waals surface area (Å²) in [6.45, 7) is 1.16. The number of hydrogen-bond donors (Lipinski definition) is 2. The van der Waals surface area contributed by atoms with Gasteiger partial charge in [-0.25, -0.2) is 9.78 Å². The Labute approximate surface area is 181 Å². The van der Waals surface area contributed by atoms with Crippen LogP contribution in [0.3, 0.4) is 0 Å². The van der Waals surface area contributed by atoms with Crippen molar-refractivity contribution in [3.63, 3.8) is 0 Å². The predicted octanol–water partition coefficient (Wildman–Crippen LogP) is 3.64. The van der Waals surface area contributed by atoms with E-state index in [2.05, 4.69) is 20.3 Å². The lowest BCUT2D eigenvalue weighted by Gasteiger charge is -2.09. The van der Waals surface area contributed by atoms with Crippen LogP contribution in [-0.4, -0.2) is 38.4 Å². The summed E-state index contributed by atoms with van der Waals surface area (Å²) in [6, 6.07) is 12.6. The van der Waals surface area contributed by atoms with Crippen LogP contribution in [0, 0.1) is 17.0 Å². The van der Waals surface area contributed by atoms with E-state index in [0.717, 1.165) is 5.56 Å². The Morgan fingerprint density at radius 3 is 2.78 bits per heavy atom. The number of amides is 1. The summed E-state index contributed by atoms with van der Waals surface area (Å²) in [4.78, 5) is 46.6. The Bertz CT molecular complexity index is 1330. The monoisotopic (exact) mass is 431 g/mol. The molecule has 160 valence electrons. The number of nitro benzene ring substituents is 1. The first kappa shape index (κ1) is 20.7. The van der Waals surface area contributed by atoms with Crippen molar-refractivity contribution in [3.8, 4) is 11.4 Å². The first-order chi connectivity index (χ1) is 15.4. The molecule has 0 saturated heterocycles. The number of anilines is 1. The summed E-state index contributed by atoms with van der Waals surface area (Å²) < 4.78 is 5.09. The van der Waals surface area contributed by atoms with Gasteiger partial charge in [0.15, 0.2) is 6.61 Å². The number of fused-ring (bicyclic) bond motifs is 1. The maximum absolute atomic E-state index is 12.4. The summed E-state index contributed by atoms with van der Waals surface area (Å²) in [6.07, 6.45) is 3.34. The van der Waals surface area contributed by atoms with Gasteiger partial charge in [-0.2, -0.15) is 0 Å². The third-order valence-corrected chi connectivity index (χ3v) is 4.69. The molecule has 1 amide bonds. The molecule has 2 N–H and O–H groups in total. The topological polar surface area (TPSA) is 140 Å². The van der Waals surface area contributed by atoms with Gasteiger partial charge in [0.05, 0.1) is 27.2 Å². The van der Waals surface area contributed by atoms with Crippen LogP contribution >= 0.6 is 0 Å². The van der Waals surface area contributed by atoms with Gasteiger partial charge in [0.2, 0.25) is 0 Å². The molecule has 2 aromatic carbocycles. The number of nitro groups is 1. The molecule has 4 rings (SSSR count). The molecule has 4 aromatic rings. The Morgan fingerprint density at radius 1 is 1.19 bits per heavy atom. The summed E-state index contributed by atoms with van der Waals surface area (Å²) >= 11 is 0. The maximum atomic E-state index is 12.4. The Kier molecular flexibility index (Phi) is 5.58. The minimum Gasteiger partial charge on any atom is -0.452 e. The minimum atomic E-state index is -0.685. The second-order valence-electron chi connectivity index (χ2n) is 6.94. The molecule has 0 fully saturated rings. The average molecular weight is 431 g/mol. The summed E-state index contributed by atoms with van der Waals surface area (Å²) in [5, 5.41) is 13.4. The number of nitrogens with zero attached hydrogens (tertiary/aromatic N) is 3. The van der Waals surface area contributed by atoms with E-state index >= 15 is 0 Å². The van der Waals surface area contributed by atoms with Gasteiger partial charge in [0.1, 0.15) is 5.82 Å². The van der Waals surface area contributed by atoms with Crippen molar-refractivity contribution in [1.82, 2.24) is 15.0 Å². The number of carbonyl (C=O) groups is 2. The van der Waals surface area contributed by atoms with Crippen LogP contribution in [-0.2, 0) is 9.53 Å². The number of nitrogens with one attached hydrogen (secondary N) is 2. The number of H-pyrrole nitrogens is 1. The molecule has 2 heterocycles. The summed E-state index contributed by atoms with van der Waals surface area (Å²) in [7, 11) is 0. The zero-order valence-corrected chi connectivity index (χ0v) is 16.9.